The largest absolute Gasteiger partial charge is 0.477 e. The molecule has 11 heteroatoms. The first kappa shape index (κ1) is 25.8. The zero-order valence-electron chi connectivity index (χ0n) is 18.8. The van der Waals surface area contributed by atoms with Crippen molar-refractivity contribution in [3.63, 3.8) is 0 Å². The first-order valence-electron chi connectivity index (χ1n) is 10.3. The lowest BCUT2D eigenvalue weighted by atomic mass is 9.91. The summed E-state index contributed by atoms with van der Waals surface area (Å²) in [6, 6.07) is 6.55. The summed E-state index contributed by atoms with van der Waals surface area (Å²) in [5.74, 6) is -1.44. The van der Waals surface area contributed by atoms with Gasteiger partial charge in [-0.15, -0.1) is 0 Å². The molecule has 0 fully saturated rings. The molecule has 0 aliphatic heterocycles. The van der Waals surface area contributed by atoms with Gasteiger partial charge in [0.2, 0.25) is 0 Å². The smallest absolute Gasteiger partial charge is 0.435 e. The molecule has 0 aliphatic rings. The zero-order chi connectivity index (χ0) is 25.6. The summed E-state index contributed by atoms with van der Waals surface area (Å²) in [6.45, 7) is 7.03. The minimum Gasteiger partial charge on any atom is -0.477 e. The highest BCUT2D eigenvalue weighted by Crippen LogP contribution is 2.34. The van der Waals surface area contributed by atoms with Gasteiger partial charge in [-0.2, -0.15) is 18.3 Å². The van der Waals surface area contributed by atoms with Crippen molar-refractivity contribution in [3.8, 4) is 11.3 Å². The molecule has 182 valence electrons. The Kier molecular flexibility index (Phi) is 6.92. The normalized spacial score (nSPS) is 12.3. The fraction of sp³-hybridized carbons (Fsp3) is 0.348. The number of carboxylic acids is 1. The van der Waals surface area contributed by atoms with E-state index in [9.17, 15) is 27.9 Å². The van der Waals surface area contributed by atoms with Gasteiger partial charge >= 0.3 is 12.1 Å². The van der Waals surface area contributed by atoms with Crippen molar-refractivity contribution in [1.82, 2.24) is 14.3 Å². The predicted molar refractivity (Wildman–Crippen MR) is 124 cm³/mol. The molecule has 0 radical (unpaired) electrons. The Morgan fingerprint density at radius 1 is 1.09 bits per heavy atom. The summed E-state index contributed by atoms with van der Waals surface area (Å²) in [4.78, 5) is 24.9. The molecule has 0 atom stereocenters. The van der Waals surface area contributed by atoms with Crippen LogP contribution in [0.4, 0.5) is 13.2 Å². The van der Waals surface area contributed by atoms with Gasteiger partial charge in [0, 0.05) is 35.0 Å². The van der Waals surface area contributed by atoms with E-state index in [0.29, 0.717) is 17.0 Å². The van der Waals surface area contributed by atoms with Crippen molar-refractivity contribution < 1.29 is 23.1 Å². The molecule has 2 aromatic heterocycles. The summed E-state index contributed by atoms with van der Waals surface area (Å²) in [7, 11) is 0. The molecule has 3 rings (SSSR count). The van der Waals surface area contributed by atoms with Crippen LogP contribution >= 0.6 is 23.2 Å². The number of benzene rings is 1. The number of hydrogen-bond acceptors (Lipinski definition) is 3. The molecule has 34 heavy (non-hydrogen) atoms. The van der Waals surface area contributed by atoms with Crippen LogP contribution in [-0.4, -0.2) is 25.4 Å². The van der Waals surface area contributed by atoms with E-state index in [1.807, 2.05) is 0 Å². The second kappa shape index (κ2) is 9.11. The third-order valence-corrected chi connectivity index (χ3v) is 6.01. The van der Waals surface area contributed by atoms with Crippen molar-refractivity contribution in [3.05, 3.63) is 73.2 Å². The highest BCUT2D eigenvalue weighted by molar-refractivity contribution is 6.42. The topological polar surface area (TPSA) is 77.1 Å². The quantitative estimate of drug-likeness (QED) is 0.445. The second-order valence-corrected chi connectivity index (χ2v) is 9.54. The summed E-state index contributed by atoms with van der Waals surface area (Å²) in [6.07, 6.45) is -4.64. The maximum absolute atomic E-state index is 13.4. The van der Waals surface area contributed by atoms with Crippen molar-refractivity contribution in [2.24, 2.45) is 0 Å². The van der Waals surface area contributed by atoms with Crippen LogP contribution in [0.2, 0.25) is 10.0 Å². The van der Waals surface area contributed by atoms with Crippen LogP contribution in [0.3, 0.4) is 0 Å². The molecular weight excluding hydrogens is 494 g/mol. The van der Waals surface area contributed by atoms with Crippen LogP contribution < -0.4 is 5.43 Å². The highest BCUT2D eigenvalue weighted by atomic mass is 35.5. The number of rotatable bonds is 5. The van der Waals surface area contributed by atoms with Gasteiger partial charge in [0.1, 0.15) is 5.56 Å². The van der Waals surface area contributed by atoms with Gasteiger partial charge in [0.25, 0.3) is 0 Å². The van der Waals surface area contributed by atoms with E-state index in [-0.39, 0.29) is 28.8 Å². The monoisotopic (exact) mass is 515 g/mol. The average Bonchev–Trinajstić information content (AvgIpc) is 3.14. The van der Waals surface area contributed by atoms with Crippen molar-refractivity contribution >= 4 is 29.2 Å². The highest BCUT2D eigenvalue weighted by Gasteiger charge is 2.36. The summed E-state index contributed by atoms with van der Waals surface area (Å²) in [5.41, 5.74) is -1.97. The van der Waals surface area contributed by atoms with Crippen LogP contribution in [0.15, 0.2) is 35.1 Å². The van der Waals surface area contributed by atoms with Gasteiger partial charge in [-0.05, 0) is 25.1 Å². The molecule has 0 unspecified atom stereocenters. The van der Waals surface area contributed by atoms with Crippen molar-refractivity contribution in [2.45, 2.75) is 52.4 Å². The number of alkyl halides is 3. The first-order chi connectivity index (χ1) is 15.6. The summed E-state index contributed by atoms with van der Waals surface area (Å²) < 4.78 is 42.9. The van der Waals surface area contributed by atoms with Crippen molar-refractivity contribution in [2.75, 3.05) is 0 Å². The van der Waals surface area contributed by atoms with Crippen molar-refractivity contribution in [1.29, 1.82) is 0 Å². The fourth-order valence-corrected chi connectivity index (χ4v) is 4.07. The van der Waals surface area contributed by atoms with E-state index in [1.165, 1.54) is 22.9 Å². The van der Waals surface area contributed by atoms with Crippen LogP contribution in [0.5, 0.6) is 0 Å². The molecule has 1 N–H and O–H groups in total. The molecule has 0 aliphatic carbocycles. The lowest BCUT2D eigenvalue weighted by Crippen LogP contribution is -2.26. The SMILES string of the molecule is CCn1c(Cn2nc(C(F)(F)F)cc2C(C)(C)C)cc(=O)c(C(=O)O)c1-c1ccc(Cl)c(Cl)c1. The number of nitrogens with zero attached hydrogens (tertiary/aromatic N) is 3. The van der Waals surface area contributed by atoms with Crippen LogP contribution in [0, 0.1) is 0 Å². The average molecular weight is 516 g/mol. The van der Waals surface area contributed by atoms with E-state index in [1.54, 1.807) is 32.3 Å². The van der Waals surface area contributed by atoms with Gasteiger partial charge in [0.15, 0.2) is 11.1 Å². The molecule has 0 bridgehead atoms. The van der Waals surface area contributed by atoms with Gasteiger partial charge in [-0.25, -0.2) is 4.79 Å². The third kappa shape index (κ3) is 5.00. The predicted octanol–water partition coefficient (Wildman–Crippen LogP) is 6.10. The Labute approximate surface area is 203 Å². The van der Waals surface area contributed by atoms with Crippen LogP contribution in [-0.2, 0) is 24.7 Å². The number of halogens is 5. The Hall–Kier alpha value is -2.78. The number of pyridine rings is 1. The lowest BCUT2D eigenvalue weighted by molar-refractivity contribution is -0.141. The van der Waals surface area contributed by atoms with E-state index in [0.717, 1.165) is 12.1 Å². The molecule has 6 nitrogen and oxygen atoms in total. The molecule has 3 aromatic rings. The number of hydrogen-bond donors (Lipinski definition) is 1. The molecular formula is C23H22Cl2F3N3O3. The molecule has 0 saturated carbocycles. The van der Waals surface area contributed by atoms with E-state index in [2.05, 4.69) is 5.10 Å². The Bertz CT molecular complexity index is 1320. The van der Waals surface area contributed by atoms with E-state index in [4.69, 9.17) is 23.2 Å². The standard InChI is InChI=1S/C23H22Cl2F3N3O3/c1-5-30-13(11-31-18(22(2,3)4)10-17(29-31)23(26,27)28)9-16(32)19(21(33)34)20(30)12-6-7-14(24)15(25)8-12/h6-10H,5,11H2,1-4H3,(H,33,34). The lowest BCUT2D eigenvalue weighted by Gasteiger charge is -2.23. The maximum atomic E-state index is 13.4. The Balaban J connectivity index is 2.30. The number of aromatic nitrogens is 3. The zero-order valence-corrected chi connectivity index (χ0v) is 20.3. The van der Waals surface area contributed by atoms with Gasteiger partial charge in [-0.1, -0.05) is 50.0 Å². The first-order valence-corrected chi connectivity index (χ1v) is 11.0. The van der Waals surface area contributed by atoms with Gasteiger partial charge < -0.3 is 9.67 Å². The Morgan fingerprint density at radius 2 is 1.74 bits per heavy atom. The number of aromatic carboxylic acids is 1. The van der Waals surface area contributed by atoms with E-state index >= 15 is 0 Å². The van der Waals surface area contributed by atoms with Crippen LogP contribution in [0.1, 0.15) is 55.1 Å². The Morgan fingerprint density at radius 3 is 2.24 bits per heavy atom. The van der Waals surface area contributed by atoms with E-state index < -0.39 is 34.2 Å². The van der Waals surface area contributed by atoms with Gasteiger partial charge in [-0.3, -0.25) is 9.48 Å². The molecule has 0 amide bonds. The molecule has 0 saturated heterocycles. The second-order valence-electron chi connectivity index (χ2n) is 8.72. The minimum atomic E-state index is -4.64. The molecule has 1 aromatic carbocycles. The number of carbonyl (C=O) groups is 1. The summed E-state index contributed by atoms with van der Waals surface area (Å²) in [5, 5.41) is 13.9. The molecule has 0 spiro atoms. The summed E-state index contributed by atoms with van der Waals surface area (Å²) >= 11 is 12.1. The third-order valence-electron chi connectivity index (χ3n) is 5.27. The maximum Gasteiger partial charge on any atom is 0.435 e. The van der Waals surface area contributed by atoms with Crippen LogP contribution in [0.25, 0.3) is 11.3 Å². The number of carboxylic acid groups (broad SMARTS) is 1. The minimum absolute atomic E-state index is 0.0802. The van der Waals surface area contributed by atoms with Gasteiger partial charge in [0.05, 0.1) is 22.3 Å². The fourth-order valence-electron chi connectivity index (χ4n) is 3.77. The molecule has 2 heterocycles.